The number of amides is 1. The van der Waals surface area contributed by atoms with Crippen LogP contribution in [-0.2, 0) is 4.79 Å². The van der Waals surface area contributed by atoms with E-state index in [1.54, 1.807) is 0 Å². The van der Waals surface area contributed by atoms with Gasteiger partial charge in [0.25, 0.3) is 0 Å². The summed E-state index contributed by atoms with van der Waals surface area (Å²) in [5, 5.41) is 12.8. The Hall–Kier alpha value is -1.43. The highest BCUT2D eigenvalue weighted by molar-refractivity contribution is 6.28. The van der Waals surface area contributed by atoms with Crippen LogP contribution in [0.25, 0.3) is 0 Å². The Kier molecular flexibility index (Phi) is 2.96. The summed E-state index contributed by atoms with van der Waals surface area (Å²) in [5.41, 5.74) is 0. The number of nitrogens with zero attached hydrogens (tertiary/aromatic N) is 3. The Bertz CT molecular complexity index is 368. The van der Waals surface area contributed by atoms with Crippen molar-refractivity contribution in [3.8, 4) is 0 Å². The molecule has 1 aromatic heterocycles. The summed E-state index contributed by atoms with van der Waals surface area (Å²) in [6, 6.07) is 0.367. The third kappa shape index (κ3) is 3.32. The number of hydrogen-bond donors (Lipinski definition) is 2. The second-order valence-electron chi connectivity index (χ2n) is 3.31. The molecule has 1 fully saturated rings. The molecular formula is C8H10ClN5O. The fraction of sp³-hybridized carbons (Fsp3) is 0.500. The van der Waals surface area contributed by atoms with Crippen LogP contribution in [-0.4, -0.2) is 33.7 Å². The molecule has 0 bridgehead atoms. The Labute approximate surface area is 91.4 Å². The molecule has 1 amide bonds. The highest BCUT2D eigenvalue weighted by Gasteiger charge is 2.22. The summed E-state index contributed by atoms with van der Waals surface area (Å²) in [5.74, 6) is 0.396. The maximum atomic E-state index is 11.3. The average Bonchev–Trinajstić information content (AvgIpc) is 2.99. The zero-order valence-corrected chi connectivity index (χ0v) is 8.66. The van der Waals surface area contributed by atoms with Gasteiger partial charge in [0.15, 0.2) is 0 Å². The van der Waals surface area contributed by atoms with E-state index in [1.807, 2.05) is 0 Å². The van der Waals surface area contributed by atoms with Crippen LogP contribution in [0.4, 0.5) is 5.82 Å². The van der Waals surface area contributed by atoms with E-state index < -0.39 is 0 Å². The Morgan fingerprint density at radius 1 is 1.60 bits per heavy atom. The average molecular weight is 228 g/mol. The van der Waals surface area contributed by atoms with E-state index in [1.165, 1.54) is 6.20 Å². The van der Waals surface area contributed by atoms with Crippen LogP contribution in [0.15, 0.2) is 6.20 Å². The van der Waals surface area contributed by atoms with Crippen LogP contribution in [0.1, 0.15) is 12.8 Å². The van der Waals surface area contributed by atoms with Crippen LogP contribution in [0.5, 0.6) is 0 Å². The fourth-order valence-electron chi connectivity index (χ4n) is 1.04. The highest BCUT2D eigenvalue weighted by atomic mass is 35.5. The number of aromatic nitrogens is 3. The van der Waals surface area contributed by atoms with Gasteiger partial charge in [-0.3, -0.25) is 4.79 Å². The molecule has 0 spiro atoms. The van der Waals surface area contributed by atoms with Crippen molar-refractivity contribution in [2.75, 3.05) is 11.9 Å². The molecule has 80 valence electrons. The molecule has 0 aliphatic heterocycles. The molecular weight excluding hydrogens is 218 g/mol. The Morgan fingerprint density at radius 2 is 2.40 bits per heavy atom. The van der Waals surface area contributed by atoms with Crippen molar-refractivity contribution in [2.45, 2.75) is 18.9 Å². The molecule has 0 atom stereocenters. The van der Waals surface area contributed by atoms with Crippen molar-refractivity contribution < 1.29 is 4.79 Å². The third-order valence-corrected chi connectivity index (χ3v) is 2.07. The fourth-order valence-corrected chi connectivity index (χ4v) is 1.18. The molecule has 2 N–H and O–H groups in total. The largest absolute Gasteiger partial charge is 0.360 e. The maximum absolute atomic E-state index is 11.3. The first-order valence-electron chi connectivity index (χ1n) is 4.62. The van der Waals surface area contributed by atoms with Gasteiger partial charge in [-0.1, -0.05) is 0 Å². The second kappa shape index (κ2) is 4.39. The SMILES string of the molecule is O=C(CNc1cnnc(Cl)n1)NC1CC1. The number of rotatable bonds is 4. The van der Waals surface area contributed by atoms with Gasteiger partial charge < -0.3 is 10.6 Å². The molecule has 1 saturated carbocycles. The van der Waals surface area contributed by atoms with Gasteiger partial charge >= 0.3 is 0 Å². The van der Waals surface area contributed by atoms with Crippen LogP contribution in [0, 0.1) is 0 Å². The standard InChI is InChI=1S/C8H10ClN5O/c9-8-13-6(3-11-14-8)10-4-7(15)12-5-1-2-5/h3,5H,1-2,4H2,(H,12,15)(H,10,13,14). The molecule has 0 radical (unpaired) electrons. The summed E-state index contributed by atoms with van der Waals surface area (Å²) in [6.07, 6.45) is 3.57. The van der Waals surface area contributed by atoms with E-state index in [-0.39, 0.29) is 17.7 Å². The molecule has 6 nitrogen and oxygen atoms in total. The van der Waals surface area contributed by atoms with Gasteiger partial charge in [-0.15, -0.1) is 5.10 Å². The van der Waals surface area contributed by atoms with Crippen molar-refractivity contribution in [1.82, 2.24) is 20.5 Å². The van der Waals surface area contributed by atoms with Crippen molar-refractivity contribution in [3.63, 3.8) is 0 Å². The lowest BCUT2D eigenvalue weighted by molar-refractivity contribution is -0.119. The molecule has 1 aliphatic rings. The monoisotopic (exact) mass is 227 g/mol. The lowest BCUT2D eigenvalue weighted by Crippen LogP contribution is -2.31. The Balaban J connectivity index is 1.78. The Morgan fingerprint density at radius 3 is 3.07 bits per heavy atom. The zero-order chi connectivity index (χ0) is 10.7. The predicted octanol–water partition coefficient (Wildman–Crippen LogP) is 0.215. The van der Waals surface area contributed by atoms with Gasteiger partial charge in [0, 0.05) is 6.04 Å². The smallest absolute Gasteiger partial charge is 0.244 e. The molecule has 0 aromatic carbocycles. The zero-order valence-electron chi connectivity index (χ0n) is 7.90. The van der Waals surface area contributed by atoms with E-state index in [0.29, 0.717) is 11.9 Å². The van der Waals surface area contributed by atoms with Crippen molar-refractivity contribution in [2.24, 2.45) is 0 Å². The molecule has 1 aromatic rings. The first kappa shape index (κ1) is 10.1. The predicted molar refractivity (Wildman–Crippen MR) is 54.5 cm³/mol. The van der Waals surface area contributed by atoms with Gasteiger partial charge in [-0.05, 0) is 24.4 Å². The first-order chi connectivity index (χ1) is 7.24. The number of anilines is 1. The molecule has 0 saturated heterocycles. The quantitative estimate of drug-likeness (QED) is 0.769. The van der Waals surface area contributed by atoms with E-state index in [9.17, 15) is 4.79 Å². The van der Waals surface area contributed by atoms with Gasteiger partial charge in [0.05, 0.1) is 12.7 Å². The highest BCUT2D eigenvalue weighted by Crippen LogP contribution is 2.18. The van der Waals surface area contributed by atoms with Crippen molar-refractivity contribution >= 4 is 23.3 Å². The van der Waals surface area contributed by atoms with E-state index in [2.05, 4.69) is 25.8 Å². The number of carbonyl (C=O) groups excluding carboxylic acids is 1. The first-order valence-corrected chi connectivity index (χ1v) is 5.00. The number of halogens is 1. The lowest BCUT2D eigenvalue weighted by Gasteiger charge is -2.05. The number of nitrogens with one attached hydrogen (secondary N) is 2. The van der Waals surface area contributed by atoms with Crippen molar-refractivity contribution in [1.29, 1.82) is 0 Å². The summed E-state index contributed by atoms with van der Waals surface area (Å²) < 4.78 is 0. The summed E-state index contributed by atoms with van der Waals surface area (Å²) in [6.45, 7) is 0.172. The minimum absolute atomic E-state index is 0.0489. The molecule has 7 heteroatoms. The second-order valence-corrected chi connectivity index (χ2v) is 3.64. The normalized spacial score (nSPS) is 14.7. The van der Waals surface area contributed by atoms with E-state index in [0.717, 1.165) is 12.8 Å². The van der Waals surface area contributed by atoms with E-state index >= 15 is 0 Å². The van der Waals surface area contributed by atoms with Gasteiger partial charge in [0.1, 0.15) is 5.82 Å². The van der Waals surface area contributed by atoms with Gasteiger partial charge in [-0.2, -0.15) is 10.1 Å². The molecule has 0 unspecified atom stereocenters. The minimum atomic E-state index is -0.0489. The van der Waals surface area contributed by atoms with Crippen LogP contribution < -0.4 is 10.6 Å². The topological polar surface area (TPSA) is 79.8 Å². The molecule has 15 heavy (non-hydrogen) atoms. The van der Waals surface area contributed by atoms with Crippen LogP contribution in [0.3, 0.4) is 0 Å². The maximum Gasteiger partial charge on any atom is 0.244 e. The van der Waals surface area contributed by atoms with Gasteiger partial charge in [0.2, 0.25) is 11.2 Å². The molecule has 2 rings (SSSR count). The van der Waals surface area contributed by atoms with Crippen LogP contribution >= 0.6 is 11.6 Å². The summed E-state index contributed by atoms with van der Waals surface area (Å²) in [7, 11) is 0. The minimum Gasteiger partial charge on any atom is -0.360 e. The van der Waals surface area contributed by atoms with Crippen molar-refractivity contribution in [3.05, 3.63) is 11.5 Å². The lowest BCUT2D eigenvalue weighted by atomic mass is 10.5. The third-order valence-electron chi connectivity index (χ3n) is 1.91. The molecule has 1 heterocycles. The van der Waals surface area contributed by atoms with Gasteiger partial charge in [-0.25, -0.2) is 0 Å². The number of hydrogen-bond acceptors (Lipinski definition) is 5. The van der Waals surface area contributed by atoms with E-state index in [4.69, 9.17) is 11.6 Å². The number of carbonyl (C=O) groups is 1. The molecule has 1 aliphatic carbocycles. The summed E-state index contributed by atoms with van der Waals surface area (Å²) in [4.78, 5) is 15.1. The summed E-state index contributed by atoms with van der Waals surface area (Å²) >= 11 is 5.53. The van der Waals surface area contributed by atoms with Crippen LogP contribution in [0.2, 0.25) is 5.28 Å².